The maximum Gasteiger partial charge on any atom is 0.0795 e. The summed E-state index contributed by atoms with van der Waals surface area (Å²) in [5.41, 5.74) is 9.22. The molecule has 2 nitrogen and oxygen atoms in total. The molecule has 249 valence electrons. The minimum absolute atomic E-state index is 0. The second-order valence-corrected chi connectivity index (χ2v) is 19.4. The summed E-state index contributed by atoms with van der Waals surface area (Å²) in [6, 6.07) is 55.4. The van der Waals surface area contributed by atoms with Crippen LogP contribution in [0.5, 0.6) is 0 Å². The van der Waals surface area contributed by atoms with Gasteiger partial charge >= 0.3 is 0 Å². The van der Waals surface area contributed by atoms with Crippen LogP contribution >= 0.6 is 11.3 Å². The van der Waals surface area contributed by atoms with Gasteiger partial charge in [-0.1, -0.05) is 123 Å². The van der Waals surface area contributed by atoms with Crippen LogP contribution in [0.3, 0.4) is 0 Å². The Labute approximate surface area is 314 Å². The van der Waals surface area contributed by atoms with E-state index in [0.717, 1.165) is 22.5 Å². The zero-order valence-corrected chi connectivity index (χ0v) is 32.9. The summed E-state index contributed by atoms with van der Waals surface area (Å²) in [4.78, 5) is 9.28. The minimum atomic E-state index is -1.23. The number of aromatic nitrogens is 2. The first-order valence-corrected chi connectivity index (χ1v) is 21.0. The summed E-state index contributed by atoms with van der Waals surface area (Å²) in [5, 5.41) is 3.98. The van der Waals surface area contributed by atoms with Crippen LogP contribution in [0.15, 0.2) is 152 Å². The molecule has 0 amide bonds. The number of rotatable bonds is 6. The molecule has 0 bridgehead atoms. The van der Waals surface area contributed by atoms with Crippen molar-refractivity contribution < 1.29 is 20.1 Å². The van der Waals surface area contributed by atoms with Gasteiger partial charge in [-0.3, -0.25) is 0 Å². The van der Waals surface area contributed by atoms with Gasteiger partial charge in [-0.05, 0) is 61.0 Å². The first kappa shape index (κ1) is 35.3. The van der Waals surface area contributed by atoms with Gasteiger partial charge in [0.1, 0.15) is 0 Å². The van der Waals surface area contributed by atoms with Crippen LogP contribution in [0.25, 0.3) is 53.8 Å². The summed E-state index contributed by atoms with van der Waals surface area (Å²) < 4.78 is 2.54. The van der Waals surface area contributed by atoms with Crippen molar-refractivity contribution in [1.29, 1.82) is 0 Å². The molecular formula is C45H38IrN2SSi-2. The Morgan fingerprint density at radius 2 is 1.42 bits per heavy atom. The quantitative estimate of drug-likeness (QED) is 0.123. The Morgan fingerprint density at radius 1 is 0.660 bits per heavy atom. The van der Waals surface area contributed by atoms with Gasteiger partial charge in [0.05, 0.1) is 8.07 Å². The fourth-order valence-corrected chi connectivity index (χ4v) is 8.45. The SMILES string of the molecule is CC(c1ccccc1)c1ccnc(-c2[c-]ccc3c2sc2cccc(-c4ccccc4)c23)c1.C[Si](C)(C)c1ccc(-c2[c-]cccc2)nc1.[Ir]. The molecule has 0 saturated heterocycles. The Balaban J connectivity index is 0.000000215. The van der Waals surface area contributed by atoms with Crippen molar-refractivity contribution in [2.24, 2.45) is 0 Å². The number of nitrogens with zero attached hydrogens (tertiary/aromatic N) is 2. The van der Waals surface area contributed by atoms with E-state index >= 15 is 0 Å². The summed E-state index contributed by atoms with van der Waals surface area (Å²) in [6.07, 6.45) is 3.95. The van der Waals surface area contributed by atoms with Gasteiger partial charge in [-0.15, -0.1) is 59.7 Å². The van der Waals surface area contributed by atoms with Gasteiger partial charge in [0.25, 0.3) is 0 Å². The molecule has 8 rings (SSSR count). The summed E-state index contributed by atoms with van der Waals surface area (Å²) in [6.45, 7) is 9.25. The van der Waals surface area contributed by atoms with E-state index in [1.165, 1.54) is 47.6 Å². The molecule has 0 saturated carbocycles. The van der Waals surface area contributed by atoms with Crippen LogP contribution in [-0.2, 0) is 20.1 Å². The molecule has 50 heavy (non-hydrogen) atoms. The monoisotopic (exact) mass is 859 g/mol. The molecule has 0 N–H and O–H groups in total. The second kappa shape index (κ2) is 15.6. The van der Waals surface area contributed by atoms with Gasteiger partial charge in [-0.2, -0.15) is 11.3 Å². The van der Waals surface area contributed by atoms with E-state index in [9.17, 15) is 0 Å². The van der Waals surface area contributed by atoms with Crippen molar-refractivity contribution in [2.45, 2.75) is 32.5 Å². The van der Waals surface area contributed by atoms with E-state index in [-0.39, 0.29) is 20.1 Å². The molecule has 5 aromatic carbocycles. The third-order valence-corrected chi connectivity index (χ3v) is 12.2. The van der Waals surface area contributed by atoms with Crippen LogP contribution in [0.4, 0.5) is 0 Å². The van der Waals surface area contributed by atoms with Crippen LogP contribution in [0, 0.1) is 12.1 Å². The molecule has 8 aromatic rings. The van der Waals surface area contributed by atoms with Crippen molar-refractivity contribution in [3.8, 4) is 33.6 Å². The molecule has 3 aromatic heterocycles. The number of pyridine rings is 2. The van der Waals surface area contributed by atoms with E-state index < -0.39 is 8.07 Å². The van der Waals surface area contributed by atoms with Crippen molar-refractivity contribution in [2.75, 3.05) is 0 Å². The number of hydrogen-bond donors (Lipinski definition) is 0. The van der Waals surface area contributed by atoms with Gasteiger partial charge in [0.15, 0.2) is 0 Å². The average molecular weight is 859 g/mol. The Morgan fingerprint density at radius 3 is 2.12 bits per heavy atom. The summed E-state index contributed by atoms with van der Waals surface area (Å²) >= 11 is 1.83. The summed E-state index contributed by atoms with van der Waals surface area (Å²) in [5.74, 6) is 0.305. The van der Waals surface area contributed by atoms with Gasteiger partial charge in [0, 0.05) is 43.1 Å². The fourth-order valence-electron chi connectivity index (χ4n) is 6.18. The van der Waals surface area contributed by atoms with E-state index in [0.29, 0.717) is 5.92 Å². The minimum Gasteiger partial charge on any atom is -0.305 e. The smallest absolute Gasteiger partial charge is 0.0795 e. The molecule has 0 spiro atoms. The summed E-state index contributed by atoms with van der Waals surface area (Å²) in [7, 11) is -1.23. The van der Waals surface area contributed by atoms with E-state index in [1.807, 2.05) is 54.1 Å². The molecule has 0 aliphatic rings. The van der Waals surface area contributed by atoms with Gasteiger partial charge in [0.2, 0.25) is 0 Å². The van der Waals surface area contributed by atoms with Crippen LogP contribution in [0.1, 0.15) is 24.0 Å². The van der Waals surface area contributed by atoms with Crippen molar-refractivity contribution in [1.82, 2.24) is 9.97 Å². The Bertz CT molecular complexity index is 2310. The van der Waals surface area contributed by atoms with Crippen molar-refractivity contribution in [3.63, 3.8) is 0 Å². The topological polar surface area (TPSA) is 25.8 Å². The molecule has 1 unspecified atom stereocenters. The largest absolute Gasteiger partial charge is 0.305 e. The van der Waals surface area contributed by atoms with Gasteiger partial charge in [-0.25, -0.2) is 0 Å². The molecule has 0 aliphatic carbocycles. The predicted molar refractivity (Wildman–Crippen MR) is 212 cm³/mol. The first-order valence-electron chi connectivity index (χ1n) is 16.7. The molecule has 3 heterocycles. The standard InChI is InChI=1S/C31H22NS.C14H16NSi.Ir/c1-21(22-10-4-2-5-11-22)24-18-19-32-28(20-24)26-15-8-16-27-30-25(23-12-6-3-7-13-23)14-9-17-29(30)33-31(26)27;1-16(2,3)13-9-10-14(15-11-13)12-7-5-4-6-8-12;/h2-14,16-21H,1H3;4-7,9-11H,1-3H3;/q2*-1;. The zero-order valence-electron chi connectivity index (χ0n) is 28.6. The van der Waals surface area contributed by atoms with Crippen LogP contribution < -0.4 is 5.19 Å². The molecule has 0 fully saturated rings. The average Bonchev–Trinajstić information content (AvgIpc) is 3.55. The van der Waals surface area contributed by atoms with Crippen molar-refractivity contribution >= 4 is 44.8 Å². The maximum absolute atomic E-state index is 4.76. The van der Waals surface area contributed by atoms with E-state index in [2.05, 4.69) is 153 Å². The van der Waals surface area contributed by atoms with Gasteiger partial charge < -0.3 is 9.97 Å². The van der Waals surface area contributed by atoms with E-state index in [4.69, 9.17) is 4.98 Å². The molecule has 1 radical (unpaired) electrons. The maximum atomic E-state index is 4.76. The third-order valence-electron chi connectivity index (χ3n) is 9.00. The first-order chi connectivity index (χ1) is 23.9. The normalized spacial score (nSPS) is 11.8. The zero-order chi connectivity index (χ0) is 33.8. The Hall–Kier alpha value is -4.51. The van der Waals surface area contributed by atoms with Crippen molar-refractivity contribution in [3.05, 3.63) is 175 Å². The fraction of sp³-hybridized carbons (Fsp3) is 0.111. The third kappa shape index (κ3) is 7.62. The number of fused-ring (bicyclic) bond motifs is 3. The molecular weight excluding hydrogens is 821 g/mol. The van der Waals surface area contributed by atoms with E-state index in [1.54, 1.807) is 0 Å². The van der Waals surface area contributed by atoms with Crippen LogP contribution in [0.2, 0.25) is 19.6 Å². The Kier molecular flexibility index (Phi) is 11.0. The molecule has 5 heteroatoms. The second-order valence-electron chi connectivity index (χ2n) is 13.3. The molecule has 0 aliphatic heterocycles. The number of thiophene rings is 1. The van der Waals surface area contributed by atoms with Crippen LogP contribution in [-0.4, -0.2) is 18.0 Å². The number of hydrogen-bond acceptors (Lipinski definition) is 3. The predicted octanol–water partition coefficient (Wildman–Crippen LogP) is 11.8. The molecule has 1 atom stereocenters. The number of benzene rings is 5.